The predicted molar refractivity (Wildman–Crippen MR) is 49.7 cm³/mol. The van der Waals surface area contributed by atoms with E-state index in [0.717, 1.165) is 5.69 Å². The third-order valence-corrected chi connectivity index (χ3v) is 1.61. The van der Waals surface area contributed by atoms with Crippen LogP contribution in [-0.4, -0.2) is 16.5 Å². The van der Waals surface area contributed by atoms with E-state index >= 15 is 0 Å². The molecule has 3 nitrogen and oxygen atoms in total. The van der Waals surface area contributed by atoms with E-state index in [1.165, 1.54) is 0 Å². The molecule has 0 aliphatic carbocycles. The Morgan fingerprint density at radius 1 is 1.69 bits per heavy atom. The molecule has 1 aromatic rings. The molecule has 1 atom stereocenters. The smallest absolute Gasteiger partial charge is 0.404 e. The lowest BCUT2D eigenvalue weighted by Gasteiger charge is -2.09. The molecule has 0 spiro atoms. The number of carbonyl (C=O) groups excluding carboxylic acids is 1. The van der Waals surface area contributed by atoms with Gasteiger partial charge in [-0.1, -0.05) is 6.07 Å². The summed E-state index contributed by atoms with van der Waals surface area (Å²) in [7, 11) is 0. The molecule has 0 amide bonds. The Kier molecular flexibility index (Phi) is 3.71. The van der Waals surface area contributed by atoms with Crippen LogP contribution in [0.2, 0.25) is 0 Å². The fourth-order valence-corrected chi connectivity index (χ4v) is 1.17. The largest absolute Gasteiger partial charge is 0.450 e. The van der Waals surface area contributed by atoms with Gasteiger partial charge in [0.1, 0.15) is 6.10 Å². The van der Waals surface area contributed by atoms with Gasteiger partial charge in [0.05, 0.1) is 0 Å². The lowest BCUT2D eigenvalue weighted by atomic mass is 10.2. The summed E-state index contributed by atoms with van der Waals surface area (Å²) < 4.78 is 4.74. The Bertz CT molecular complexity index is 276. The second-order valence-electron chi connectivity index (χ2n) is 2.69. The van der Waals surface area contributed by atoms with Gasteiger partial charge in [0.15, 0.2) is 0 Å². The van der Waals surface area contributed by atoms with Crippen LogP contribution >= 0.6 is 11.6 Å². The molecule has 0 aliphatic heterocycles. The van der Waals surface area contributed by atoms with Crippen molar-refractivity contribution in [3.63, 3.8) is 0 Å². The van der Waals surface area contributed by atoms with E-state index in [4.69, 9.17) is 16.3 Å². The highest BCUT2D eigenvalue weighted by atomic mass is 35.5. The molecule has 0 fully saturated rings. The van der Waals surface area contributed by atoms with E-state index in [9.17, 15) is 4.79 Å². The Balaban J connectivity index is 2.45. The lowest BCUT2D eigenvalue weighted by molar-refractivity contribution is 0.131. The van der Waals surface area contributed by atoms with Gasteiger partial charge in [-0.25, -0.2) is 4.79 Å². The van der Waals surface area contributed by atoms with Crippen LogP contribution < -0.4 is 0 Å². The van der Waals surface area contributed by atoms with Crippen LogP contribution in [-0.2, 0) is 11.2 Å². The van der Waals surface area contributed by atoms with Crippen LogP contribution in [0.25, 0.3) is 0 Å². The Hall–Kier alpha value is -1.09. The van der Waals surface area contributed by atoms with E-state index in [2.05, 4.69) is 4.98 Å². The quantitative estimate of drug-likeness (QED) is 0.702. The van der Waals surface area contributed by atoms with E-state index in [-0.39, 0.29) is 6.10 Å². The first-order chi connectivity index (χ1) is 6.18. The van der Waals surface area contributed by atoms with Crippen molar-refractivity contribution in [2.75, 3.05) is 0 Å². The van der Waals surface area contributed by atoms with Crippen LogP contribution in [0.5, 0.6) is 0 Å². The molecule has 0 radical (unpaired) electrons. The maximum atomic E-state index is 10.4. The molecule has 1 aromatic heterocycles. The van der Waals surface area contributed by atoms with Gasteiger partial charge >= 0.3 is 5.43 Å². The van der Waals surface area contributed by atoms with Gasteiger partial charge in [-0.05, 0) is 19.1 Å². The number of hydrogen-bond donors (Lipinski definition) is 0. The van der Waals surface area contributed by atoms with E-state index in [0.29, 0.717) is 6.42 Å². The minimum Gasteiger partial charge on any atom is -0.450 e. The number of hydrogen-bond acceptors (Lipinski definition) is 3. The number of aromatic nitrogens is 1. The van der Waals surface area contributed by atoms with Crippen molar-refractivity contribution >= 4 is 17.0 Å². The Morgan fingerprint density at radius 2 is 2.46 bits per heavy atom. The van der Waals surface area contributed by atoms with Crippen molar-refractivity contribution < 1.29 is 9.53 Å². The first-order valence-electron chi connectivity index (χ1n) is 3.94. The highest BCUT2D eigenvalue weighted by Gasteiger charge is 2.07. The number of halogens is 1. The second-order valence-corrected chi connectivity index (χ2v) is 3.00. The number of rotatable bonds is 3. The molecule has 0 N–H and O–H groups in total. The van der Waals surface area contributed by atoms with Gasteiger partial charge in [-0.15, -0.1) is 0 Å². The minimum absolute atomic E-state index is 0.236. The molecule has 1 rings (SSSR count). The van der Waals surface area contributed by atoms with Gasteiger partial charge < -0.3 is 4.74 Å². The van der Waals surface area contributed by atoms with Gasteiger partial charge in [-0.2, -0.15) is 0 Å². The average Bonchev–Trinajstić information content (AvgIpc) is 2.04. The van der Waals surface area contributed by atoms with Crippen molar-refractivity contribution in [1.29, 1.82) is 0 Å². The maximum absolute atomic E-state index is 10.4. The second kappa shape index (κ2) is 4.82. The summed E-state index contributed by atoms with van der Waals surface area (Å²) >= 11 is 5.06. The molecule has 0 aliphatic rings. The third kappa shape index (κ3) is 3.90. The van der Waals surface area contributed by atoms with Crippen molar-refractivity contribution in [2.24, 2.45) is 0 Å². The molecule has 13 heavy (non-hydrogen) atoms. The van der Waals surface area contributed by atoms with Crippen LogP contribution in [0.3, 0.4) is 0 Å². The van der Waals surface area contributed by atoms with E-state index in [1.807, 2.05) is 18.2 Å². The monoisotopic (exact) mass is 199 g/mol. The number of pyridine rings is 1. The van der Waals surface area contributed by atoms with Crippen LogP contribution in [0.1, 0.15) is 12.6 Å². The van der Waals surface area contributed by atoms with Crippen molar-refractivity contribution in [1.82, 2.24) is 4.98 Å². The highest BCUT2D eigenvalue weighted by Crippen LogP contribution is 2.04. The summed E-state index contributed by atoms with van der Waals surface area (Å²) in [6.07, 6.45) is 2.05. The van der Waals surface area contributed by atoms with Crippen LogP contribution in [0.4, 0.5) is 4.79 Å². The molecule has 1 heterocycles. The summed E-state index contributed by atoms with van der Waals surface area (Å²) in [6, 6.07) is 5.60. The summed E-state index contributed by atoms with van der Waals surface area (Å²) in [4.78, 5) is 14.5. The SMILES string of the molecule is CC(Cc1ccccn1)OC(=O)Cl. The van der Waals surface area contributed by atoms with Gasteiger partial charge in [-0.3, -0.25) is 4.98 Å². The fraction of sp³-hybridized carbons (Fsp3) is 0.333. The number of carbonyl (C=O) groups is 1. The van der Waals surface area contributed by atoms with Gasteiger partial charge in [0.25, 0.3) is 0 Å². The van der Waals surface area contributed by atoms with E-state index < -0.39 is 5.43 Å². The normalized spacial score (nSPS) is 12.2. The number of nitrogens with zero attached hydrogens (tertiary/aromatic N) is 1. The molecule has 4 heteroatoms. The van der Waals surface area contributed by atoms with Crippen molar-refractivity contribution in [3.05, 3.63) is 30.1 Å². The molecule has 1 unspecified atom stereocenters. The first kappa shape index (κ1) is 9.99. The molecular formula is C9H10ClNO2. The predicted octanol–water partition coefficient (Wildman–Crippen LogP) is 2.39. The fourth-order valence-electron chi connectivity index (χ4n) is 1.01. The minimum atomic E-state index is -0.775. The molecule has 70 valence electrons. The summed E-state index contributed by atoms with van der Waals surface area (Å²) in [5.41, 5.74) is 0.108. The Morgan fingerprint density at radius 3 is 3.00 bits per heavy atom. The molecular weight excluding hydrogens is 190 g/mol. The highest BCUT2D eigenvalue weighted by molar-refractivity contribution is 6.61. The molecule has 0 aromatic carbocycles. The first-order valence-corrected chi connectivity index (χ1v) is 4.32. The van der Waals surface area contributed by atoms with Crippen LogP contribution in [0, 0.1) is 0 Å². The zero-order chi connectivity index (χ0) is 9.68. The molecule has 0 saturated heterocycles. The third-order valence-electron chi connectivity index (χ3n) is 1.52. The van der Waals surface area contributed by atoms with Gasteiger partial charge in [0, 0.05) is 29.9 Å². The summed E-state index contributed by atoms with van der Waals surface area (Å²) in [5.74, 6) is 0. The van der Waals surface area contributed by atoms with Gasteiger partial charge in [0.2, 0.25) is 0 Å². The number of ether oxygens (including phenoxy) is 1. The molecule has 0 saturated carbocycles. The molecule has 0 bridgehead atoms. The van der Waals surface area contributed by atoms with Crippen molar-refractivity contribution in [3.8, 4) is 0 Å². The van der Waals surface area contributed by atoms with E-state index in [1.54, 1.807) is 13.1 Å². The average molecular weight is 200 g/mol. The topological polar surface area (TPSA) is 39.2 Å². The maximum Gasteiger partial charge on any atom is 0.404 e. The summed E-state index contributed by atoms with van der Waals surface area (Å²) in [5, 5.41) is 0. The zero-order valence-electron chi connectivity index (χ0n) is 7.24. The zero-order valence-corrected chi connectivity index (χ0v) is 7.99. The van der Waals surface area contributed by atoms with Crippen LogP contribution in [0.15, 0.2) is 24.4 Å². The standard InChI is InChI=1S/C9H10ClNO2/c1-7(13-9(10)12)6-8-4-2-3-5-11-8/h2-5,7H,6H2,1H3. The van der Waals surface area contributed by atoms with Crippen molar-refractivity contribution in [2.45, 2.75) is 19.4 Å². The Labute approximate surface area is 81.7 Å². The lowest BCUT2D eigenvalue weighted by Crippen LogP contribution is -2.13. The summed E-state index contributed by atoms with van der Waals surface area (Å²) in [6.45, 7) is 1.77.